The van der Waals surface area contributed by atoms with Crippen molar-refractivity contribution in [2.75, 3.05) is 7.11 Å². The van der Waals surface area contributed by atoms with E-state index in [4.69, 9.17) is 10.00 Å². The molecule has 6 heteroatoms. The molecule has 1 aromatic carbocycles. The highest BCUT2D eigenvalue weighted by molar-refractivity contribution is 5.66. The molecule has 1 heterocycles. The van der Waals surface area contributed by atoms with Crippen molar-refractivity contribution in [1.29, 1.82) is 5.26 Å². The fraction of sp³-hybridized carbons (Fsp3) is 0.154. The largest absolute Gasteiger partial charge is 0.494 e. The summed E-state index contributed by atoms with van der Waals surface area (Å²) < 4.78 is 19.6. The minimum Gasteiger partial charge on any atom is -0.494 e. The number of aromatic nitrogens is 2. The number of rotatable bonds is 2. The molecule has 19 heavy (non-hydrogen) atoms. The Balaban J connectivity index is 2.65. The first kappa shape index (κ1) is 12.8. The minimum absolute atomic E-state index is 0.0890. The molecule has 0 aliphatic heterocycles. The van der Waals surface area contributed by atoms with Crippen molar-refractivity contribution < 1.29 is 9.13 Å². The van der Waals surface area contributed by atoms with Gasteiger partial charge in [0.05, 0.1) is 18.4 Å². The highest BCUT2D eigenvalue weighted by Gasteiger charge is 2.12. The number of ether oxygens (including phenoxy) is 1. The second kappa shape index (κ2) is 4.90. The summed E-state index contributed by atoms with van der Waals surface area (Å²) in [6.07, 6.45) is 1.37. The quantitative estimate of drug-likeness (QED) is 0.819. The molecule has 0 unspecified atom stereocenters. The molecule has 0 bridgehead atoms. The maximum atomic E-state index is 13.6. The summed E-state index contributed by atoms with van der Waals surface area (Å²) in [7, 11) is 2.85. The van der Waals surface area contributed by atoms with Crippen LogP contribution in [0.5, 0.6) is 5.75 Å². The molecule has 2 aromatic rings. The monoisotopic (exact) mass is 259 g/mol. The van der Waals surface area contributed by atoms with E-state index in [1.807, 2.05) is 6.07 Å². The van der Waals surface area contributed by atoms with Crippen LogP contribution in [0.3, 0.4) is 0 Å². The Morgan fingerprint density at radius 1 is 1.47 bits per heavy atom. The Bertz CT molecular complexity index is 732. The third-order valence-corrected chi connectivity index (χ3v) is 2.63. The Morgan fingerprint density at radius 3 is 2.79 bits per heavy atom. The first-order chi connectivity index (χ1) is 9.06. The first-order valence-electron chi connectivity index (χ1n) is 5.38. The van der Waals surface area contributed by atoms with E-state index in [0.29, 0.717) is 5.56 Å². The SMILES string of the molecule is COc1ccc(-c2nc(=O)n(C)cc2C#N)cc1F. The van der Waals surface area contributed by atoms with Crippen LogP contribution in [0.1, 0.15) is 5.56 Å². The Hall–Kier alpha value is -2.68. The van der Waals surface area contributed by atoms with Crippen molar-refractivity contribution in [3.05, 3.63) is 46.3 Å². The van der Waals surface area contributed by atoms with Gasteiger partial charge in [-0.3, -0.25) is 0 Å². The Labute approximate surface area is 108 Å². The van der Waals surface area contributed by atoms with Crippen molar-refractivity contribution in [2.24, 2.45) is 7.05 Å². The molecular formula is C13H10FN3O2. The van der Waals surface area contributed by atoms with E-state index in [-0.39, 0.29) is 17.0 Å². The minimum atomic E-state index is -0.577. The van der Waals surface area contributed by atoms with Crippen LogP contribution < -0.4 is 10.4 Å². The van der Waals surface area contributed by atoms with Gasteiger partial charge >= 0.3 is 5.69 Å². The standard InChI is InChI=1S/C13H10FN3O2/c1-17-7-9(6-15)12(16-13(17)18)8-3-4-11(19-2)10(14)5-8/h3-5,7H,1-2H3. The molecule has 5 nitrogen and oxygen atoms in total. The third kappa shape index (κ3) is 2.31. The van der Waals surface area contributed by atoms with Crippen LogP contribution in [0, 0.1) is 17.1 Å². The predicted molar refractivity (Wildman–Crippen MR) is 66.1 cm³/mol. The lowest BCUT2D eigenvalue weighted by molar-refractivity contribution is 0.386. The average Bonchev–Trinajstić information content (AvgIpc) is 2.41. The number of hydrogen-bond acceptors (Lipinski definition) is 4. The van der Waals surface area contributed by atoms with Gasteiger partial charge in [0.2, 0.25) is 0 Å². The van der Waals surface area contributed by atoms with E-state index in [0.717, 1.165) is 0 Å². The first-order valence-corrected chi connectivity index (χ1v) is 5.38. The van der Waals surface area contributed by atoms with E-state index in [1.165, 1.54) is 37.1 Å². The zero-order valence-electron chi connectivity index (χ0n) is 10.3. The topological polar surface area (TPSA) is 67.9 Å². The predicted octanol–water partition coefficient (Wildman–Crippen LogP) is 1.47. The lowest BCUT2D eigenvalue weighted by Crippen LogP contribution is -2.20. The Morgan fingerprint density at radius 2 is 2.21 bits per heavy atom. The summed E-state index contributed by atoms with van der Waals surface area (Å²) >= 11 is 0. The number of methoxy groups -OCH3 is 1. The summed E-state index contributed by atoms with van der Waals surface area (Å²) in [5.74, 6) is -0.488. The number of nitriles is 1. The lowest BCUT2D eigenvalue weighted by Gasteiger charge is -2.07. The molecule has 0 radical (unpaired) electrons. The highest BCUT2D eigenvalue weighted by atomic mass is 19.1. The second-order valence-corrected chi connectivity index (χ2v) is 3.86. The van der Waals surface area contributed by atoms with Crippen molar-refractivity contribution in [1.82, 2.24) is 9.55 Å². The number of benzene rings is 1. The molecular weight excluding hydrogens is 249 g/mol. The van der Waals surface area contributed by atoms with E-state index < -0.39 is 11.5 Å². The number of aryl methyl sites for hydroxylation is 1. The van der Waals surface area contributed by atoms with Gasteiger partial charge in [-0.25, -0.2) is 9.18 Å². The maximum Gasteiger partial charge on any atom is 0.347 e. The summed E-state index contributed by atoms with van der Waals surface area (Å²) in [6, 6.07) is 6.08. The molecule has 0 saturated heterocycles. The fourth-order valence-corrected chi connectivity index (χ4v) is 1.66. The number of halogens is 1. The summed E-state index contributed by atoms with van der Waals surface area (Å²) in [6.45, 7) is 0. The van der Waals surface area contributed by atoms with Crippen molar-refractivity contribution in [3.8, 4) is 23.1 Å². The van der Waals surface area contributed by atoms with Gasteiger partial charge in [0.1, 0.15) is 6.07 Å². The molecule has 0 aliphatic rings. The van der Waals surface area contributed by atoms with Crippen LogP contribution >= 0.6 is 0 Å². The average molecular weight is 259 g/mol. The molecule has 0 N–H and O–H groups in total. The fourth-order valence-electron chi connectivity index (χ4n) is 1.66. The summed E-state index contributed by atoms with van der Waals surface area (Å²) in [5.41, 5.74) is 0.205. The van der Waals surface area contributed by atoms with Gasteiger partial charge in [-0.2, -0.15) is 10.2 Å². The van der Waals surface area contributed by atoms with Gasteiger partial charge in [0.25, 0.3) is 0 Å². The van der Waals surface area contributed by atoms with Crippen LogP contribution in [0.15, 0.2) is 29.2 Å². The van der Waals surface area contributed by atoms with Gasteiger partial charge < -0.3 is 9.30 Å². The van der Waals surface area contributed by atoms with Crippen LogP contribution in [-0.4, -0.2) is 16.7 Å². The molecule has 0 aliphatic carbocycles. The summed E-state index contributed by atoms with van der Waals surface area (Å²) in [4.78, 5) is 15.3. The summed E-state index contributed by atoms with van der Waals surface area (Å²) in [5, 5.41) is 9.04. The molecule has 0 spiro atoms. The third-order valence-electron chi connectivity index (χ3n) is 2.63. The highest BCUT2D eigenvalue weighted by Crippen LogP contribution is 2.25. The van der Waals surface area contributed by atoms with Gasteiger partial charge in [-0.05, 0) is 18.2 Å². The number of hydrogen-bond donors (Lipinski definition) is 0. The molecule has 0 fully saturated rings. The van der Waals surface area contributed by atoms with E-state index in [1.54, 1.807) is 6.07 Å². The lowest BCUT2D eigenvalue weighted by atomic mass is 10.1. The van der Waals surface area contributed by atoms with E-state index in [9.17, 15) is 9.18 Å². The van der Waals surface area contributed by atoms with Crippen molar-refractivity contribution in [2.45, 2.75) is 0 Å². The van der Waals surface area contributed by atoms with E-state index in [2.05, 4.69) is 4.98 Å². The molecule has 2 rings (SSSR count). The zero-order valence-corrected chi connectivity index (χ0v) is 10.3. The van der Waals surface area contributed by atoms with Crippen LogP contribution in [0.25, 0.3) is 11.3 Å². The molecule has 0 atom stereocenters. The van der Waals surface area contributed by atoms with Crippen molar-refractivity contribution >= 4 is 0 Å². The van der Waals surface area contributed by atoms with Gasteiger partial charge in [-0.1, -0.05) is 0 Å². The number of nitrogens with zero attached hydrogens (tertiary/aromatic N) is 3. The zero-order chi connectivity index (χ0) is 14.0. The smallest absolute Gasteiger partial charge is 0.347 e. The van der Waals surface area contributed by atoms with Crippen LogP contribution in [0.2, 0.25) is 0 Å². The molecule has 96 valence electrons. The van der Waals surface area contributed by atoms with Crippen LogP contribution in [0.4, 0.5) is 4.39 Å². The second-order valence-electron chi connectivity index (χ2n) is 3.86. The van der Waals surface area contributed by atoms with Crippen LogP contribution in [-0.2, 0) is 7.05 Å². The van der Waals surface area contributed by atoms with Gasteiger partial charge in [0, 0.05) is 18.8 Å². The Kier molecular flexibility index (Phi) is 3.29. The molecule has 0 saturated carbocycles. The molecule has 1 aromatic heterocycles. The molecule has 0 amide bonds. The normalized spacial score (nSPS) is 10.0. The van der Waals surface area contributed by atoms with Crippen molar-refractivity contribution in [3.63, 3.8) is 0 Å². The maximum absolute atomic E-state index is 13.6. The van der Waals surface area contributed by atoms with E-state index >= 15 is 0 Å². The van der Waals surface area contributed by atoms with Gasteiger partial charge in [-0.15, -0.1) is 0 Å². The van der Waals surface area contributed by atoms with Gasteiger partial charge in [0.15, 0.2) is 11.6 Å².